The molecular weight excluding hydrogens is 398 g/mol. The third-order valence-electron chi connectivity index (χ3n) is 4.43. The minimum Gasteiger partial charge on any atom is -0.456 e. The summed E-state index contributed by atoms with van der Waals surface area (Å²) in [5.74, 6) is -0.941. The van der Waals surface area contributed by atoms with Gasteiger partial charge in [0, 0.05) is 42.5 Å². The Morgan fingerprint density at radius 3 is 2.59 bits per heavy atom. The number of hydrogen-bond acceptors (Lipinski definition) is 7. The number of nitro groups is 1. The number of carbonyl (C=O) groups excluding carboxylic acids is 3. The van der Waals surface area contributed by atoms with Gasteiger partial charge in [-0.05, 0) is 30.0 Å². The summed E-state index contributed by atoms with van der Waals surface area (Å²) in [5, 5.41) is 15.1. The lowest BCUT2D eigenvalue weighted by Crippen LogP contribution is -2.49. The second kappa shape index (κ2) is 8.48. The molecular formula is C19H19N3O6S. The lowest BCUT2D eigenvalue weighted by Gasteiger charge is -2.35. The molecule has 1 unspecified atom stereocenters. The van der Waals surface area contributed by atoms with Crippen LogP contribution >= 0.6 is 11.8 Å². The summed E-state index contributed by atoms with van der Waals surface area (Å²) >= 11 is 1.28. The van der Waals surface area contributed by atoms with E-state index in [2.05, 4.69) is 5.32 Å². The highest BCUT2D eigenvalue weighted by atomic mass is 32.2. The Hall–Kier alpha value is -3.14. The summed E-state index contributed by atoms with van der Waals surface area (Å²) in [5.41, 5.74) is 1.41. The van der Waals surface area contributed by atoms with Crippen molar-refractivity contribution in [3.05, 3.63) is 61.7 Å². The summed E-state index contributed by atoms with van der Waals surface area (Å²) < 4.78 is 5.35. The van der Waals surface area contributed by atoms with E-state index < -0.39 is 10.9 Å². The molecule has 1 fully saturated rings. The topological polar surface area (TPSA) is 119 Å². The Morgan fingerprint density at radius 2 is 2.00 bits per heavy atom. The molecule has 0 spiro atoms. The van der Waals surface area contributed by atoms with Crippen molar-refractivity contribution in [2.24, 2.45) is 0 Å². The smallest absolute Gasteiger partial charge is 0.356 e. The molecule has 10 heteroatoms. The Morgan fingerprint density at radius 1 is 1.31 bits per heavy atom. The van der Waals surface area contributed by atoms with Gasteiger partial charge < -0.3 is 15.0 Å². The molecule has 0 saturated carbocycles. The average Bonchev–Trinajstić information content (AvgIpc) is 2.96. The SMILES string of the molecule is CC(=O)N/C(C)=C\SC1=C(C(=O)OCc2ccc([N+](=O)[O-])cc2)N2C(=O)CC2C1. The van der Waals surface area contributed by atoms with Crippen molar-refractivity contribution in [1.29, 1.82) is 0 Å². The molecule has 1 saturated heterocycles. The van der Waals surface area contributed by atoms with E-state index in [1.165, 1.54) is 47.9 Å². The summed E-state index contributed by atoms with van der Waals surface area (Å²) in [6, 6.07) is 5.66. The fraction of sp³-hybridized carbons (Fsp3) is 0.316. The van der Waals surface area contributed by atoms with Crippen LogP contribution in [0.15, 0.2) is 46.0 Å². The van der Waals surface area contributed by atoms with E-state index in [-0.39, 0.29) is 35.8 Å². The van der Waals surface area contributed by atoms with Gasteiger partial charge in [0.25, 0.3) is 5.69 Å². The Labute approximate surface area is 170 Å². The fourth-order valence-corrected chi connectivity index (χ4v) is 4.07. The number of thioether (sulfide) groups is 1. The second-order valence-corrected chi connectivity index (χ2v) is 7.66. The Kier molecular flexibility index (Phi) is 6.02. The van der Waals surface area contributed by atoms with E-state index in [0.29, 0.717) is 29.0 Å². The van der Waals surface area contributed by atoms with Crippen LogP contribution in [0.3, 0.4) is 0 Å². The van der Waals surface area contributed by atoms with Gasteiger partial charge in [-0.2, -0.15) is 0 Å². The van der Waals surface area contributed by atoms with Gasteiger partial charge in [0.1, 0.15) is 12.3 Å². The van der Waals surface area contributed by atoms with Gasteiger partial charge in [0.05, 0.1) is 11.0 Å². The predicted molar refractivity (Wildman–Crippen MR) is 105 cm³/mol. The number of nitro benzene ring substituents is 1. The zero-order chi connectivity index (χ0) is 21.1. The van der Waals surface area contributed by atoms with E-state index in [0.717, 1.165) is 0 Å². The maximum absolute atomic E-state index is 12.7. The number of hydrogen-bond donors (Lipinski definition) is 1. The third kappa shape index (κ3) is 4.65. The highest BCUT2D eigenvalue weighted by Crippen LogP contribution is 2.43. The molecule has 2 aliphatic heterocycles. The van der Waals surface area contributed by atoms with Gasteiger partial charge >= 0.3 is 5.97 Å². The molecule has 3 rings (SSSR count). The molecule has 2 heterocycles. The zero-order valence-electron chi connectivity index (χ0n) is 15.8. The third-order valence-corrected chi connectivity index (χ3v) is 5.55. The fourth-order valence-electron chi connectivity index (χ4n) is 3.11. The maximum atomic E-state index is 12.7. The van der Waals surface area contributed by atoms with Crippen LogP contribution in [-0.2, 0) is 25.7 Å². The van der Waals surface area contributed by atoms with Crippen molar-refractivity contribution in [3.63, 3.8) is 0 Å². The molecule has 152 valence electrons. The van der Waals surface area contributed by atoms with Gasteiger partial charge in [0.15, 0.2) is 0 Å². The zero-order valence-corrected chi connectivity index (χ0v) is 16.7. The number of amides is 2. The van der Waals surface area contributed by atoms with E-state index in [1.54, 1.807) is 12.3 Å². The normalized spacial score (nSPS) is 18.3. The van der Waals surface area contributed by atoms with Crippen molar-refractivity contribution >= 4 is 35.2 Å². The number of β-lactam (4-membered cyclic amide) rings is 1. The minimum absolute atomic E-state index is 0.0404. The van der Waals surface area contributed by atoms with E-state index >= 15 is 0 Å². The van der Waals surface area contributed by atoms with E-state index in [4.69, 9.17) is 4.74 Å². The van der Waals surface area contributed by atoms with Crippen molar-refractivity contribution in [1.82, 2.24) is 10.2 Å². The molecule has 0 radical (unpaired) electrons. The summed E-state index contributed by atoms with van der Waals surface area (Å²) in [6.07, 6.45) is 0.944. The van der Waals surface area contributed by atoms with Crippen LogP contribution in [0.1, 0.15) is 32.3 Å². The van der Waals surface area contributed by atoms with Crippen LogP contribution in [0, 0.1) is 10.1 Å². The minimum atomic E-state index is -0.619. The number of allylic oxidation sites excluding steroid dienone is 1. The molecule has 1 N–H and O–H groups in total. The highest BCUT2D eigenvalue weighted by molar-refractivity contribution is 8.05. The first-order chi connectivity index (χ1) is 13.8. The number of esters is 1. The first-order valence-electron chi connectivity index (χ1n) is 8.83. The van der Waals surface area contributed by atoms with Gasteiger partial charge in [0.2, 0.25) is 11.8 Å². The molecule has 2 aliphatic rings. The van der Waals surface area contributed by atoms with Gasteiger partial charge in [-0.1, -0.05) is 11.8 Å². The largest absolute Gasteiger partial charge is 0.456 e. The quantitative estimate of drug-likeness (QED) is 0.313. The number of nitrogens with one attached hydrogen (secondary N) is 1. The number of fused-ring (bicyclic) bond motifs is 1. The molecule has 0 aromatic heterocycles. The average molecular weight is 417 g/mol. The maximum Gasteiger partial charge on any atom is 0.356 e. The molecule has 29 heavy (non-hydrogen) atoms. The molecule has 9 nitrogen and oxygen atoms in total. The molecule has 2 amide bonds. The first kappa shape index (κ1) is 20.6. The number of rotatable bonds is 7. The highest BCUT2D eigenvalue weighted by Gasteiger charge is 2.48. The van der Waals surface area contributed by atoms with E-state index in [9.17, 15) is 24.5 Å². The molecule has 0 aliphatic carbocycles. The van der Waals surface area contributed by atoms with Gasteiger partial charge in [-0.3, -0.25) is 19.7 Å². The van der Waals surface area contributed by atoms with Crippen molar-refractivity contribution < 1.29 is 24.0 Å². The van der Waals surface area contributed by atoms with Gasteiger partial charge in [-0.25, -0.2) is 4.79 Å². The van der Waals surface area contributed by atoms with Crippen LogP contribution in [0.2, 0.25) is 0 Å². The number of nitrogens with zero attached hydrogens (tertiary/aromatic N) is 2. The van der Waals surface area contributed by atoms with E-state index in [1.807, 2.05) is 0 Å². The summed E-state index contributed by atoms with van der Waals surface area (Å²) in [7, 11) is 0. The number of non-ortho nitro benzene ring substituents is 1. The first-order valence-corrected chi connectivity index (χ1v) is 9.71. The number of benzene rings is 1. The lowest BCUT2D eigenvalue weighted by atomic mass is 10.0. The number of carbonyl (C=O) groups is 3. The predicted octanol–water partition coefficient (Wildman–Crippen LogP) is 2.58. The summed E-state index contributed by atoms with van der Waals surface area (Å²) in [6.45, 7) is 3.07. The molecule has 1 atom stereocenters. The van der Waals surface area contributed by atoms with Crippen LogP contribution in [-0.4, -0.2) is 33.6 Å². The standard InChI is InChI=1S/C19H19N3O6S/c1-11(20-12(2)23)10-29-16-7-15-8-17(24)21(15)18(16)19(25)28-9-13-3-5-14(6-4-13)22(26)27/h3-6,10,15H,7-9H2,1-2H3,(H,20,23)/b11-10-. The van der Waals surface area contributed by atoms with Crippen molar-refractivity contribution in [2.75, 3.05) is 0 Å². The molecule has 0 bridgehead atoms. The van der Waals surface area contributed by atoms with Crippen molar-refractivity contribution in [3.8, 4) is 0 Å². The molecule has 1 aromatic rings. The Balaban J connectivity index is 1.71. The second-order valence-electron chi connectivity index (χ2n) is 6.70. The van der Waals surface area contributed by atoms with Crippen LogP contribution in [0.25, 0.3) is 0 Å². The van der Waals surface area contributed by atoms with Crippen LogP contribution in [0.5, 0.6) is 0 Å². The Bertz CT molecular complexity index is 938. The summed E-state index contributed by atoms with van der Waals surface area (Å²) in [4.78, 5) is 48.1. The van der Waals surface area contributed by atoms with Crippen LogP contribution in [0.4, 0.5) is 5.69 Å². The van der Waals surface area contributed by atoms with Crippen LogP contribution < -0.4 is 5.32 Å². The monoisotopic (exact) mass is 417 g/mol. The number of ether oxygens (including phenoxy) is 1. The van der Waals surface area contributed by atoms with Gasteiger partial charge in [-0.15, -0.1) is 0 Å². The lowest BCUT2D eigenvalue weighted by molar-refractivity contribution is -0.384. The van der Waals surface area contributed by atoms with Crippen molar-refractivity contribution in [2.45, 2.75) is 39.3 Å². The molecule has 1 aromatic carbocycles.